The third-order valence-electron chi connectivity index (χ3n) is 4.80. The minimum Gasteiger partial charge on any atom is -0.496 e. The summed E-state index contributed by atoms with van der Waals surface area (Å²) < 4.78 is 6.39. The van der Waals surface area contributed by atoms with E-state index in [2.05, 4.69) is 39.4 Å². The highest BCUT2D eigenvalue weighted by atomic mass is 79.9. The van der Waals surface area contributed by atoms with E-state index in [0.717, 1.165) is 16.3 Å². The second kappa shape index (κ2) is 6.07. The molecule has 0 aromatic heterocycles. The van der Waals surface area contributed by atoms with E-state index in [1.54, 1.807) is 7.11 Å². The van der Waals surface area contributed by atoms with Crippen molar-refractivity contribution in [1.29, 1.82) is 0 Å². The second-order valence-electron chi connectivity index (χ2n) is 6.51. The Morgan fingerprint density at radius 1 is 1.30 bits per heavy atom. The van der Waals surface area contributed by atoms with Crippen LogP contribution in [0.5, 0.6) is 5.75 Å². The highest BCUT2D eigenvalue weighted by Gasteiger charge is 2.35. The fraction of sp³-hybridized carbons (Fsp3) is 0.647. The normalized spacial score (nSPS) is 21.1. The first-order chi connectivity index (χ1) is 9.71. The molecule has 2 aliphatic rings. The Morgan fingerprint density at radius 3 is 2.65 bits per heavy atom. The number of nitrogens with one attached hydrogen (secondary N) is 1. The molecular formula is C17H24BrNO. The molecule has 0 radical (unpaired) electrons. The highest BCUT2D eigenvalue weighted by molar-refractivity contribution is 9.10. The van der Waals surface area contributed by atoms with E-state index < -0.39 is 0 Å². The first-order valence-electron chi connectivity index (χ1n) is 7.77. The molecule has 0 spiro atoms. The van der Waals surface area contributed by atoms with Crippen molar-refractivity contribution < 1.29 is 4.74 Å². The van der Waals surface area contributed by atoms with Gasteiger partial charge in [0.2, 0.25) is 0 Å². The van der Waals surface area contributed by atoms with Crippen LogP contribution in [0.25, 0.3) is 0 Å². The molecule has 0 unspecified atom stereocenters. The maximum Gasteiger partial charge on any atom is 0.133 e. The van der Waals surface area contributed by atoms with Crippen LogP contribution in [0.4, 0.5) is 0 Å². The van der Waals surface area contributed by atoms with Crippen LogP contribution < -0.4 is 10.1 Å². The standard InChI is InChI=1S/C17H24BrNO/c1-20-16-7-4-13(10-15(16)18)11-17(8-2-3-9-17)12-19-14-5-6-14/h4,7,10,14,19H,2-3,5-6,8-9,11-12H2,1H3. The van der Waals surface area contributed by atoms with Gasteiger partial charge in [0.25, 0.3) is 0 Å². The smallest absolute Gasteiger partial charge is 0.133 e. The van der Waals surface area contributed by atoms with E-state index >= 15 is 0 Å². The Hall–Kier alpha value is -0.540. The van der Waals surface area contributed by atoms with Crippen molar-refractivity contribution in [2.24, 2.45) is 5.41 Å². The van der Waals surface area contributed by atoms with E-state index in [4.69, 9.17) is 4.74 Å². The number of benzene rings is 1. The van der Waals surface area contributed by atoms with Crippen molar-refractivity contribution >= 4 is 15.9 Å². The Kier molecular flexibility index (Phi) is 4.37. The first-order valence-corrected chi connectivity index (χ1v) is 8.56. The molecule has 0 atom stereocenters. The van der Waals surface area contributed by atoms with Crippen LogP contribution in [0.15, 0.2) is 22.7 Å². The Balaban J connectivity index is 1.70. The molecule has 1 N–H and O–H groups in total. The molecule has 3 heteroatoms. The van der Waals surface area contributed by atoms with Crippen molar-refractivity contribution in [1.82, 2.24) is 5.32 Å². The van der Waals surface area contributed by atoms with Crippen LogP contribution in [0.3, 0.4) is 0 Å². The van der Waals surface area contributed by atoms with Crippen LogP contribution in [0.1, 0.15) is 44.1 Å². The summed E-state index contributed by atoms with van der Waals surface area (Å²) >= 11 is 3.61. The van der Waals surface area contributed by atoms with E-state index in [1.807, 2.05) is 0 Å². The molecule has 2 nitrogen and oxygen atoms in total. The number of hydrogen-bond donors (Lipinski definition) is 1. The largest absolute Gasteiger partial charge is 0.496 e. The van der Waals surface area contributed by atoms with Gasteiger partial charge in [0.15, 0.2) is 0 Å². The van der Waals surface area contributed by atoms with E-state index in [0.29, 0.717) is 5.41 Å². The summed E-state index contributed by atoms with van der Waals surface area (Å²) in [5.74, 6) is 0.922. The van der Waals surface area contributed by atoms with Gasteiger partial charge in [-0.2, -0.15) is 0 Å². The minimum atomic E-state index is 0.483. The van der Waals surface area contributed by atoms with Crippen molar-refractivity contribution in [2.75, 3.05) is 13.7 Å². The molecule has 0 saturated heterocycles. The van der Waals surface area contributed by atoms with Gasteiger partial charge in [0.05, 0.1) is 11.6 Å². The fourth-order valence-electron chi connectivity index (χ4n) is 3.44. The molecule has 3 rings (SSSR count). The van der Waals surface area contributed by atoms with Crippen molar-refractivity contribution in [2.45, 2.75) is 51.0 Å². The molecule has 0 heterocycles. The average molecular weight is 338 g/mol. The predicted molar refractivity (Wildman–Crippen MR) is 86.3 cm³/mol. The van der Waals surface area contributed by atoms with E-state index in [9.17, 15) is 0 Å². The molecule has 2 saturated carbocycles. The lowest BCUT2D eigenvalue weighted by Gasteiger charge is -2.30. The summed E-state index contributed by atoms with van der Waals surface area (Å²) in [6, 6.07) is 7.35. The van der Waals surface area contributed by atoms with Gasteiger partial charge in [-0.1, -0.05) is 18.9 Å². The zero-order valence-electron chi connectivity index (χ0n) is 12.3. The number of halogens is 1. The quantitative estimate of drug-likeness (QED) is 0.834. The summed E-state index contributed by atoms with van der Waals surface area (Å²) in [6.07, 6.45) is 9.48. The van der Waals surface area contributed by atoms with Crippen LogP contribution in [0, 0.1) is 5.41 Å². The van der Waals surface area contributed by atoms with Gasteiger partial charge in [-0.3, -0.25) is 0 Å². The van der Waals surface area contributed by atoms with Crippen LogP contribution >= 0.6 is 15.9 Å². The summed E-state index contributed by atoms with van der Waals surface area (Å²) in [6.45, 7) is 1.20. The van der Waals surface area contributed by atoms with E-state index in [-0.39, 0.29) is 0 Å². The van der Waals surface area contributed by atoms with Gasteiger partial charge in [-0.25, -0.2) is 0 Å². The topological polar surface area (TPSA) is 21.3 Å². The summed E-state index contributed by atoms with van der Waals surface area (Å²) in [7, 11) is 1.72. The fourth-order valence-corrected chi connectivity index (χ4v) is 4.03. The van der Waals surface area contributed by atoms with E-state index in [1.165, 1.54) is 57.1 Å². The van der Waals surface area contributed by atoms with Gasteiger partial charge in [0.1, 0.15) is 5.75 Å². The number of ether oxygens (including phenoxy) is 1. The Labute approximate surface area is 130 Å². The summed E-state index contributed by atoms with van der Waals surface area (Å²) in [5, 5.41) is 3.76. The van der Waals surface area contributed by atoms with Crippen molar-refractivity contribution in [3.8, 4) is 5.75 Å². The van der Waals surface area contributed by atoms with Crippen molar-refractivity contribution in [3.05, 3.63) is 28.2 Å². The monoisotopic (exact) mass is 337 g/mol. The Morgan fingerprint density at radius 2 is 2.05 bits per heavy atom. The molecular weight excluding hydrogens is 314 g/mol. The molecule has 1 aromatic carbocycles. The molecule has 2 fully saturated rings. The lowest BCUT2D eigenvalue weighted by molar-refractivity contribution is 0.276. The zero-order valence-corrected chi connectivity index (χ0v) is 13.8. The molecule has 0 bridgehead atoms. The molecule has 0 aliphatic heterocycles. The SMILES string of the molecule is COc1ccc(CC2(CNC3CC3)CCCC2)cc1Br. The first kappa shape index (κ1) is 14.4. The third-order valence-corrected chi connectivity index (χ3v) is 5.42. The number of rotatable bonds is 6. The minimum absolute atomic E-state index is 0.483. The van der Waals surface area contributed by atoms with Gasteiger partial charge in [-0.15, -0.1) is 0 Å². The average Bonchev–Trinajstić information content (AvgIpc) is 3.17. The molecule has 2 aliphatic carbocycles. The predicted octanol–water partition coefficient (Wildman–Crippen LogP) is 4.31. The van der Waals surface area contributed by atoms with Gasteiger partial charge < -0.3 is 10.1 Å². The van der Waals surface area contributed by atoms with Crippen LogP contribution in [0.2, 0.25) is 0 Å². The number of hydrogen-bond acceptors (Lipinski definition) is 2. The van der Waals surface area contributed by atoms with Crippen molar-refractivity contribution in [3.63, 3.8) is 0 Å². The lowest BCUT2D eigenvalue weighted by Crippen LogP contribution is -2.35. The van der Waals surface area contributed by atoms with Gasteiger partial charge >= 0.3 is 0 Å². The lowest BCUT2D eigenvalue weighted by atomic mass is 9.80. The maximum atomic E-state index is 5.32. The van der Waals surface area contributed by atoms with Gasteiger partial charge in [-0.05, 0) is 71.1 Å². The van der Waals surface area contributed by atoms with Gasteiger partial charge in [0, 0.05) is 12.6 Å². The Bertz CT molecular complexity index is 464. The second-order valence-corrected chi connectivity index (χ2v) is 7.36. The molecule has 20 heavy (non-hydrogen) atoms. The maximum absolute atomic E-state index is 5.32. The molecule has 0 amide bonds. The summed E-state index contributed by atoms with van der Waals surface area (Å²) in [4.78, 5) is 0. The van der Waals surface area contributed by atoms with Crippen LogP contribution in [-0.2, 0) is 6.42 Å². The van der Waals surface area contributed by atoms with Crippen LogP contribution in [-0.4, -0.2) is 19.7 Å². The highest BCUT2D eigenvalue weighted by Crippen LogP contribution is 2.42. The third kappa shape index (κ3) is 3.37. The number of methoxy groups -OCH3 is 1. The summed E-state index contributed by atoms with van der Waals surface area (Å²) in [5.41, 5.74) is 1.91. The zero-order chi connectivity index (χ0) is 14.0. The molecule has 1 aromatic rings. The molecule has 110 valence electrons.